The van der Waals surface area contributed by atoms with E-state index in [1.165, 1.54) is 22.9 Å². The number of amidine groups is 1. The summed E-state index contributed by atoms with van der Waals surface area (Å²) < 4.78 is 17.1. The lowest BCUT2D eigenvalue weighted by Gasteiger charge is -2.18. The molecule has 0 atom stereocenters. The molecule has 10 nitrogen and oxygen atoms in total. The molecule has 0 bridgehead atoms. The maximum absolute atomic E-state index is 13.3. The van der Waals surface area contributed by atoms with Crippen LogP contribution in [0.3, 0.4) is 0 Å². The molecule has 11 heteroatoms. The molecule has 0 unspecified atom stereocenters. The Morgan fingerprint density at radius 1 is 1.21 bits per heavy atom. The van der Waals surface area contributed by atoms with Gasteiger partial charge in [0.15, 0.2) is 29.0 Å². The van der Waals surface area contributed by atoms with E-state index in [0.717, 1.165) is 11.8 Å². The maximum atomic E-state index is 13.3. The zero-order valence-corrected chi connectivity index (χ0v) is 19.5. The van der Waals surface area contributed by atoms with Crippen molar-refractivity contribution in [3.63, 3.8) is 0 Å². The minimum atomic E-state index is -0.447. The smallest absolute Gasteiger partial charge is 0.320 e. The van der Waals surface area contributed by atoms with Gasteiger partial charge in [0, 0.05) is 11.3 Å². The molecule has 0 saturated carbocycles. The third-order valence-corrected chi connectivity index (χ3v) is 5.61. The number of hydrogen-bond donors (Lipinski definition) is 0. The third-order valence-electron chi connectivity index (χ3n) is 4.69. The molecule has 1 aliphatic heterocycles. The van der Waals surface area contributed by atoms with E-state index in [9.17, 15) is 9.90 Å². The second kappa shape index (κ2) is 10.2. The summed E-state index contributed by atoms with van der Waals surface area (Å²) in [6, 6.07) is 14.4. The summed E-state index contributed by atoms with van der Waals surface area (Å²) in [6.45, 7) is 0. The molecule has 2 aromatic carbocycles. The van der Waals surface area contributed by atoms with Gasteiger partial charge in [-0.15, -0.1) is 0 Å². The highest BCUT2D eigenvalue weighted by Gasteiger charge is 2.32. The molecule has 0 radical (unpaired) electrons. The van der Waals surface area contributed by atoms with Crippen LogP contribution in [-0.4, -0.2) is 42.2 Å². The largest absolute Gasteiger partial charge is 0.861 e. The van der Waals surface area contributed by atoms with Crippen LogP contribution in [0.25, 0.3) is 6.08 Å². The fraction of sp³-hybridized carbons (Fsp3) is 0.174. The second-order valence-corrected chi connectivity index (χ2v) is 7.93. The highest BCUT2D eigenvalue weighted by atomic mass is 32.2. The molecule has 1 aromatic heterocycles. The molecular weight excluding hydrogens is 458 g/mol. The monoisotopic (exact) mass is 479 g/mol. The Hall–Kier alpha value is -4.12. The van der Waals surface area contributed by atoms with Gasteiger partial charge in [0.25, 0.3) is 12.1 Å². The van der Waals surface area contributed by atoms with Gasteiger partial charge in [0.05, 0.1) is 19.9 Å². The summed E-state index contributed by atoms with van der Waals surface area (Å²) in [4.78, 5) is 23.2. The number of aliphatic imine (C=N–C) groups is 2. The topological polar surface area (TPSA) is 116 Å². The Bertz CT molecular complexity index is 1290. The number of nitrogens with zero attached hydrogens (tertiary/aromatic N) is 5. The van der Waals surface area contributed by atoms with Crippen LogP contribution < -0.4 is 24.2 Å². The van der Waals surface area contributed by atoms with Crippen molar-refractivity contribution in [2.45, 2.75) is 0 Å². The van der Waals surface area contributed by atoms with Crippen LogP contribution in [0.5, 0.6) is 11.5 Å². The number of carbonyl (C=O) groups is 1. The van der Waals surface area contributed by atoms with E-state index in [1.807, 2.05) is 18.2 Å². The summed E-state index contributed by atoms with van der Waals surface area (Å²) in [5.41, 5.74) is 1.47. The number of anilines is 1. The number of benzene rings is 2. The van der Waals surface area contributed by atoms with Gasteiger partial charge in [-0.2, -0.15) is 0 Å². The summed E-state index contributed by atoms with van der Waals surface area (Å²) >= 11 is 1.10. The van der Waals surface area contributed by atoms with Crippen molar-refractivity contribution in [1.29, 1.82) is 0 Å². The molecule has 0 spiro atoms. The first-order valence-corrected chi connectivity index (χ1v) is 11.1. The van der Waals surface area contributed by atoms with E-state index in [1.54, 1.807) is 50.6 Å². The van der Waals surface area contributed by atoms with Crippen LogP contribution in [0.15, 0.2) is 74.9 Å². The molecule has 4 rings (SSSR count). The van der Waals surface area contributed by atoms with Crippen molar-refractivity contribution in [3.05, 3.63) is 66.0 Å². The lowest BCUT2D eigenvalue weighted by molar-refractivity contribution is -0.739. The van der Waals surface area contributed by atoms with Crippen molar-refractivity contribution in [2.75, 3.05) is 24.9 Å². The number of para-hydroxylation sites is 2. The Labute approximate surface area is 199 Å². The minimum absolute atomic E-state index is 0.0460. The lowest BCUT2D eigenvalue weighted by atomic mass is 10.1. The summed E-state index contributed by atoms with van der Waals surface area (Å²) in [6.07, 6.45) is 3.12. The van der Waals surface area contributed by atoms with Gasteiger partial charge in [0.2, 0.25) is 0 Å². The number of carbonyl (C=O) groups excluding carboxylic acids is 1. The van der Waals surface area contributed by atoms with E-state index in [4.69, 9.17) is 14.0 Å². The predicted octanol–water partition coefficient (Wildman–Crippen LogP) is 2.08. The Balaban J connectivity index is 1.66. The van der Waals surface area contributed by atoms with Crippen LogP contribution in [0.4, 0.5) is 11.6 Å². The first-order chi connectivity index (χ1) is 16.5. The van der Waals surface area contributed by atoms with Gasteiger partial charge in [-0.1, -0.05) is 46.8 Å². The molecule has 0 fully saturated rings. The van der Waals surface area contributed by atoms with E-state index >= 15 is 0 Å². The summed E-state index contributed by atoms with van der Waals surface area (Å²) in [5, 5.41) is 16.3. The minimum Gasteiger partial charge on any atom is -0.861 e. The number of hydrogen-bond acceptors (Lipinski definition) is 9. The molecule has 1 amide bonds. The number of ether oxygens (including phenoxy) is 2. The first kappa shape index (κ1) is 23.1. The molecule has 1 aliphatic rings. The predicted molar refractivity (Wildman–Crippen MR) is 126 cm³/mol. The first-order valence-electron chi connectivity index (χ1n) is 10.1. The normalized spacial score (nSPS) is 15.1. The number of thioether (sulfide) groups is 1. The molecule has 0 saturated heterocycles. The molecular formula is C23H21N5O5S. The number of aryl methyl sites for hydroxylation is 1. The van der Waals surface area contributed by atoms with Crippen LogP contribution in [0.1, 0.15) is 5.56 Å². The number of methoxy groups -OCH3 is 2. The van der Waals surface area contributed by atoms with E-state index in [0.29, 0.717) is 27.9 Å². The van der Waals surface area contributed by atoms with Crippen LogP contribution >= 0.6 is 11.8 Å². The van der Waals surface area contributed by atoms with Crippen molar-refractivity contribution < 1.29 is 28.6 Å². The van der Waals surface area contributed by atoms with Crippen molar-refractivity contribution in [1.82, 2.24) is 5.27 Å². The van der Waals surface area contributed by atoms with Gasteiger partial charge in [-0.3, -0.25) is 14.2 Å². The van der Waals surface area contributed by atoms with Crippen LogP contribution in [0, 0.1) is 0 Å². The molecule has 0 aliphatic carbocycles. The standard InChI is InChI=1S/C23H21N5O5S/c1-27-13-20(33-26-27)25-19(29)14-34-23-24-17(22(30)28(23)16-9-5-4-6-10-16)12-15-8-7-11-18(31-2)21(15)32-3/h4-13H,14H2,1-3H3/b17-12+. The van der Waals surface area contributed by atoms with Gasteiger partial charge in [-0.05, 0) is 30.2 Å². The SMILES string of the molecule is COc1cccc(/C=C2/N=C(SC/C([O-])=N/c3c[n+](C)no3)N(c3ccccc3)C2=O)c1OC. The fourth-order valence-electron chi connectivity index (χ4n) is 3.21. The highest BCUT2D eigenvalue weighted by Crippen LogP contribution is 2.34. The Morgan fingerprint density at radius 3 is 2.68 bits per heavy atom. The van der Waals surface area contributed by atoms with E-state index in [-0.39, 0.29) is 23.2 Å². The third kappa shape index (κ3) is 4.94. The van der Waals surface area contributed by atoms with Gasteiger partial charge < -0.3 is 14.6 Å². The number of amides is 1. The van der Waals surface area contributed by atoms with Gasteiger partial charge >= 0.3 is 5.88 Å². The van der Waals surface area contributed by atoms with Gasteiger partial charge in [-0.25, -0.2) is 9.98 Å². The second-order valence-electron chi connectivity index (χ2n) is 6.99. The van der Waals surface area contributed by atoms with Crippen molar-refractivity contribution >= 4 is 46.4 Å². The maximum Gasteiger partial charge on any atom is 0.320 e. The Morgan fingerprint density at radius 2 is 2.00 bits per heavy atom. The van der Waals surface area contributed by atoms with Crippen molar-refractivity contribution in [2.24, 2.45) is 17.0 Å². The van der Waals surface area contributed by atoms with E-state index < -0.39 is 5.90 Å². The zero-order chi connectivity index (χ0) is 24.1. The van der Waals surface area contributed by atoms with Gasteiger partial charge in [0.1, 0.15) is 5.70 Å². The fourth-order valence-corrected chi connectivity index (χ4v) is 4.01. The molecule has 34 heavy (non-hydrogen) atoms. The molecule has 0 N–H and O–H groups in total. The molecule has 174 valence electrons. The van der Waals surface area contributed by atoms with Crippen LogP contribution in [0.2, 0.25) is 0 Å². The Kier molecular flexibility index (Phi) is 6.93. The van der Waals surface area contributed by atoms with Crippen LogP contribution in [-0.2, 0) is 11.8 Å². The number of rotatable bonds is 7. The average molecular weight is 480 g/mol. The summed E-state index contributed by atoms with van der Waals surface area (Å²) in [7, 11) is 4.73. The molecule has 3 aromatic rings. The quantitative estimate of drug-likeness (QED) is 0.220. The lowest BCUT2D eigenvalue weighted by Crippen LogP contribution is -2.31. The van der Waals surface area contributed by atoms with Crippen molar-refractivity contribution in [3.8, 4) is 11.5 Å². The van der Waals surface area contributed by atoms with E-state index in [2.05, 4.69) is 15.3 Å². The average Bonchev–Trinajstić information content (AvgIpc) is 3.39. The number of aromatic nitrogens is 2. The molecule has 2 heterocycles. The zero-order valence-electron chi connectivity index (χ0n) is 18.7. The highest BCUT2D eigenvalue weighted by molar-refractivity contribution is 8.14. The summed E-state index contributed by atoms with van der Waals surface area (Å²) in [5.74, 6) is 0.302.